The van der Waals surface area contributed by atoms with E-state index in [4.69, 9.17) is 9.84 Å². The fraction of sp³-hybridized carbons (Fsp3) is 0.600. The summed E-state index contributed by atoms with van der Waals surface area (Å²) in [6, 6.07) is 8.23. The zero-order chi connectivity index (χ0) is 20.0. The van der Waals surface area contributed by atoms with Crippen LogP contribution in [0.25, 0.3) is 0 Å². The van der Waals surface area contributed by atoms with Gasteiger partial charge in [-0.25, -0.2) is 4.79 Å². The Bertz CT molecular complexity index is 662. The molecule has 2 rings (SSSR count). The summed E-state index contributed by atoms with van der Waals surface area (Å²) >= 11 is 0. The van der Waals surface area contributed by atoms with Crippen LogP contribution in [0.3, 0.4) is 0 Å². The van der Waals surface area contributed by atoms with Gasteiger partial charge in [-0.3, -0.25) is 9.69 Å². The first kappa shape index (κ1) is 21.2. The maximum absolute atomic E-state index is 12.6. The van der Waals surface area contributed by atoms with Crippen LogP contribution in [0.1, 0.15) is 25.0 Å². The number of morpholine rings is 1. The molecule has 1 unspecified atom stereocenters. The van der Waals surface area contributed by atoms with Gasteiger partial charge in [0.1, 0.15) is 0 Å². The molecular formula is C20H31N3O4. The van der Waals surface area contributed by atoms with E-state index >= 15 is 0 Å². The van der Waals surface area contributed by atoms with E-state index in [0.717, 1.165) is 0 Å². The van der Waals surface area contributed by atoms with Crippen LogP contribution in [0.15, 0.2) is 24.3 Å². The third-order valence-corrected chi connectivity index (χ3v) is 4.83. The van der Waals surface area contributed by atoms with Crippen LogP contribution in [0.5, 0.6) is 0 Å². The molecule has 2 N–H and O–H groups in total. The second-order valence-corrected chi connectivity index (χ2v) is 7.94. The zero-order valence-electron chi connectivity index (χ0n) is 16.7. The number of nitrogens with zero attached hydrogens (tertiary/aromatic N) is 2. The number of likely N-dealkylation sites (N-methyl/N-ethyl adjacent to an activating group) is 1. The highest BCUT2D eigenvalue weighted by Gasteiger charge is 2.27. The monoisotopic (exact) mass is 377 g/mol. The smallest absolute Gasteiger partial charge is 0.317 e. The van der Waals surface area contributed by atoms with Gasteiger partial charge < -0.3 is 20.1 Å². The van der Waals surface area contributed by atoms with E-state index in [2.05, 4.69) is 44.3 Å². The third-order valence-electron chi connectivity index (χ3n) is 4.83. The number of carboxylic acid groups (broad SMARTS) is 1. The van der Waals surface area contributed by atoms with Crippen LogP contribution < -0.4 is 5.32 Å². The van der Waals surface area contributed by atoms with E-state index in [1.165, 1.54) is 11.1 Å². The summed E-state index contributed by atoms with van der Waals surface area (Å²) in [5.74, 6) is -0.874. The van der Waals surface area contributed by atoms with E-state index in [-0.39, 0.29) is 24.1 Å². The normalized spacial score (nSPS) is 17.8. The minimum Gasteiger partial charge on any atom is -0.480 e. The molecule has 1 saturated heterocycles. The van der Waals surface area contributed by atoms with Crippen molar-refractivity contribution in [2.45, 2.75) is 32.3 Å². The summed E-state index contributed by atoms with van der Waals surface area (Å²) in [6.07, 6.45) is -0.182. The Labute approximate surface area is 161 Å². The van der Waals surface area contributed by atoms with Crippen molar-refractivity contribution in [3.8, 4) is 0 Å². The molecule has 1 fully saturated rings. The molecule has 2 amide bonds. The van der Waals surface area contributed by atoms with Crippen molar-refractivity contribution in [1.29, 1.82) is 0 Å². The van der Waals surface area contributed by atoms with Crippen molar-refractivity contribution in [2.75, 3.05) is 46.4 Å². The number of hydrogen-bond acceptors (Lipinski definition) is 4. The number of aryl methyl sites for hydroxylation is 1. The number of carbonyl (C=O) groups excluding carboxylic acids is 1. The van der Waals surface area contributed by atoms with Gasteiger partial charge in [0, 0.05) is 31.6 Å². The third kappa shape index (κ3) is 6.52. The van der Waals surface area contributed by atoms with Crippen LogP contribution in [0, 0.1) is 6.92 Å². The van der Waals surface area contributed by atoms with E-state index < -0.39 is 5.97 Å². The second kappa shape index (κ2) is 9.19. The van der Waals surface area contributed by atoms with Crippen LogP contribution in [0.2, 0.25) is 0 Å². The summed E-state index contributed by atoms with van der Waals surface area (Å²) in [4.78, 5) is 26.8. The average Bonchev–Trinajstić information content (AvgIpc) is 2.59. The quantitative estimate of drug-likeness (QED) is 0.756. The molecule has 1 aromatic carbocycles. The molecule has 0 spiro atoms. The number of ether oxygens (including phenoxy) is 1. The summed E-state index contributed by atoms with van der Waals surface area (Å²) in [7, 11) is 1.74. The first-order valence-electron chi connectivity index (χ1n) is 9.29. The fourth-order valence-electron chi connectivity index (χ4n) is 3.23. The Balaban J connectivity index is 1.87. The first-order valence-corrected chi connectivity index (χ1v) is 9.29. The molecule has 7 heteroatoms. The van der Waals surface area contributed by atoms with Crippen molar-refractivity contribution in [1.82, 2.24) is 15.1 Å². The van der Waals surface area contributed by atoms with Crippen LogP contribution in [0.4, 0.5) is 4.79 Å². The molecule has 1 heterocycles. The molecule has 7 nitrogen and oxygen atoms in total. The lowest BCUT2D eigenvalue weighted by atomic mass is 9.84. The molecule has 1 aromatic rings. The molecule has 150 valence electrons. The Morgan fingerprint density at radius 1 is 1.41 bits per heavy atom. The molecule has 1 aliphatic heterocycles. The van der Waals surface area contributed by atoms with Gasteiger partial charge in [0.15, 0.2) is 0 Å². The Kier molecular flexibility index (Phi) is 7.21. The highest BCUT2D eigenvalue weighted by Crippen LogP contribution is 2.23. The van der Waals surface area contributed by atoms with E-state index in [9.17, 15) is 9.59 Å². The minimum atomic E-state index is -0.874. The second-order valence-electron chi connectivity index (χ2n) is 7.94. The lowest BCUT2D eigenvalue weighted by Crippen LogP contribution is -2.53. The van der Waals surface area contributed by atoms with Gasteiger partial charge in [-0.05, 0) is 19.5 Å². The molecule has 0 saturated carbocycles. The number of carboxylic acids is 1. The fourth-order valence-corrected chi connectivity index (χ4v) is 3.23. The number of urea groups is 1. The highest BCUT2D eigenvalue weighted by molar-refractivity contribution is 5.74. The van der Waals surface area contributed by atoms with Gasteiger partial charge in [-0.1, -0.05) is 43.7 Å². The van der Waals surface area contributed by atoms with Gasteiger partial charge >= 0.3 is 12.0 Å². The van der Waals surface area contributed by atoms with Crippen LogP contribution in [-0.2, 0) is 14.9 Å². The number of aliphatic carboxylic acids is 1. The maximum atomic E-state index is 12.6. The van der Waals surface area contributed by atoms with Crippen molar-refractivity contribution >= 4 is 12.0 Å². The number of benzene rings is 1. The molecule has 27 heavy (non-hydrogen) atoms. The standard InChI is InChI=1S/C20H31N3O4/c1-15-6-5-7-16(10-15)20(2,3)14-21-19(26)23-8-9-27-17(12-23)11-22(4)13-18(24)25/h5-7,10,17H,8-9,11-14H2,1-4H3,(H,21,26)(H,24,25). The average molecular weight is 377 g/mol. The highest BCUT2D eigenvalue weighted by atomic mass is 16.5. The van der Waals surface area contributed by atoms with Gasteiger partial charge in [0.05, 0.1) is 19.3 Å². The largest absolute Gasteiger partial charge is 0.480 e. The van der Waals surface area contributed by atoms with Crippen LogP contribution >= 0.6 is 0 Å². The Morgan fingerprint density at radius 2 is 2.15 bits per heavy atom. The summed E-state index contributed by atoms with van der Waals surface area (Å²) in [6.45, 7) is 8.72. The lowest BCUT2D eigenvalue weighted by Gasteiger charge is -2.35. The minimum absolute atomic E-state index is 0.0449. The van der Waals surface area contributed by atoms with Gasteiger partial charge in [-0.15, -0.1) is 0 Å². The number of hydrogen-bond donors (Lipinski definition) is 2. The molecule has 1 aliphatic rings. The predicted molar refractivity (Wildman–Crippen MR) is 104 cm³/mol. The topological polar surface area (TPSA) is 82.1 Å². The number of rotatable bonds is 7. The Hall–Kier alpha value is -2.12. The molecule has 0 aromatic heterocycles. The van der Waals surface area contributed by atoms with Gasteiger partial charge in [-0.2, -0.15) is 0 Å². The first-order chi connectivity index (χ1) is 12.7. The van der Waals surface area contributed by atoms with Crippen molar-refractivity contribution in [2.24, 2.45) is 0 Å². The SMILES string of the molecule is Cc1cccc(C(C)(C)CNC(=O)N2CCOC(CN(C)CC(=O)O)C2)c1. The van der Waals surface area contributed by atoms with Gasteiger partial charge in [0.2, 0.25) is 0 Å². The maximum Gasteiger partial charge on any atom is 0.317 e. The van der Waals surface area contributed by atoms with E-state index in [1.54, 1.807) is 16.8 Å². The molecule has 1 atom stereocenters. The van der Waals surface area contributed by atoms with Gasteiger partial charge in [0.25, 0.3) is 0 Å². The number of nitrogens with one attached hydrogen (secondary N) is 1. The van der Waals surface area contributed by atoms with Crippen LogP contribution in [-0.4, -0.2) is 79.4 Å². The van der Waals surface area contributed by atoms with E-state index in [0.29, 0.717) is 32.8 Å². The Morgan fingerprint density at radius 3 is 2.81 bits per heavy atom. The molecule has 0 aliphatic carbocycles. The summed E-state index contributed by atoms with van der Waals surface area (Å²) in [5.41, 5.74) is 2.22. The number of carbonyl (C=O) groups is 2. The van der Waals surface area contributed by atoms with Crippen molar-refractivity contribution in [3.05, 3.63) is 35.4 Å². The van der Waals surface area contributed by atoms with Crippen molar-refractivity contribution in [3.63, 3.8) is 0 Å². The number of amides is 2. The molecule has 0 radical (unpaired) electrons. The van der Waals surface area contributed by atoms with Crippen molar-refractivity contribution < 1.29 is 19.4 Å². The summed E-state index contributed by atoms with van der Waals surface area (Å²) < 4.78 is 5.68. The predicted octanol–water partition coefficient (Wildman–Crippen LogP) is 1.70. The molecule has 0 bridgehead atoms. The van der Waals surface area contributed by atoms with E-state index in [1.807, 2.05) is 6.07 Å². The zero-order valence-corrected chi connectivity index (χ0v) is 16.7. The lowest BCUT2D eigenvalue weighted by molar-refractivity contribution is -0.138. The summed E-state index contributed by atoms with van der Waals surface area (Å²) in [5, 5.41) is 11.9. The molecular weight excluding hydrogens is 346 g/mol.